The smallest absolute Gasteiger partial charge is 0.0234 e. The molecule has 0 radical (unpaired) electrons. The molecular formula is C19H32N2. The maximum atomic E-state index is 3.53. The van der Waals surface area contributed by atoms with Crippen LogP contribution < -0.4 is 5.32 Å². The summed E-state index contributed by atoms with van der Waals surface area (Å²) < 4.78 is 0. The van der Waals surface area contributed by atoms with Crippen LogP contribution in [0.15, 0.2) is 24.3 Å². The fraction of sp³-hybridized carbons (Fsp3) is 0.684. The van der Waals surface area contributed by atoms with Crippen molar-refractivity contribution in [2.75, 3.05) is 19.6 Å². The lowest BCUT2D eigenvalue weighted by molar-refractivity contribution is 0.111. The highest BCUT2D eigenvalue weighted by Crippen LogP contribution is 2.29. The normalized spacial score (nSPS) is 19.1. The average molecular weight is 288 g/mol. The van der Waals surface area contributed by atoms with E-state index in [1.165, 1.54) is 37.1 Å². The zero-order valence-electron chi connectivity index (χ0n) is 14.3. The number of nitrogens with zero attached hydrogens (tertiary/aromatic N) is 1. The van der Waals surface area contributed by atoms with E-state index in [0.29, 0.717) is 11.3 Å². The molecule has 0 bridgehead atoms. The molecule has 1 heterocycles. The Morgan fingerprint density at radius 1 is 1.24 bits per heavy atom. The van der Waals surface area contributed by atoms with Gasteiger partial charge >= 0.3 is 0 Å². The Kier molecular flexibility index (Phi) is 5.83. The number of rotatable bonds is 6. The summed E-state index contributed by atoms with van der Waals surface area (Å²) in [6.07, 6.45) is 2.70. The second-order valence-corrected chi connectivity index (χ2v) is 7.82. The SMILES string of the molecule is CC(C)CNCc1cccc(CN2CCCC(C)(C)C2)c1. The zero-order chi connectivity index (χ0) is 15.3. The molecule has 0 spiro atoms. The zero-order valence-corrected chi connectivity index (χ0v) is 14.3. The summed E-state index contributed by atoms with van der Waals surface area (Å²) in [6, 6.07) is 9.08. The standard InChI is InChI=1S/C19H32N2/c1-16(2)12-20-13-17-7-5-8-18(11-17)14-21-10-6-9-19(3,4)15-21/h5,7-8,11,16,20H,6,9-10,12-15H2,1-4H3. The Labute approximate surface area is 130 Å². The molecule has 1 N–H and O–H groups in total. The lowest BCUT2D eigenvalue weighted by Crippen LogP contribution is -2.39. The quantitative estimate of drug-likeness (QED) is 0.849. The van der Waals surface area contributed by atoms with Crippen molar-refractivity contribution < 1.29 is 0 Å². The highest BCUT2D eigenvalue weighted by molar-refractivity contribution is 5.23. The molecule has 1 aromatic rings. The predicted molar refractivity (Wildman–Crippen MR) is 91.3 cm³/mol. The molecular weight excluding hydrogens is 256 g/mol. The van der Waals surface area contributed by atoms with E-state index >= 15 is 0 Å². The van der Waals surface area contributed by atoms with Crippen molar-refractivity contribution in [1.29, 1.82) is 0 Å². The Hall–Kier alpha value is -0.860. The summed E-state index contributed by atoms with van der Waals surface area (Å²) in [5.74, 6) is 0.712. The number of piperidine rings is 1. The minimum atomic E-state index is 0.481. The molecule has 0 atom stereocenters. The summed E-state index contributed by atoms with van der Waals surface area (Å²) in [6.45, 7) is 14.9. The van der Waals surface area contributed by atoms with Crippen LogP contribution in [-0.4, -0.2) is 24.5 Å². The first-order chi connectivity index (χ1) is 9.94. The van der Waals surface area contributed by atoms with E-state index in [-0.39, 0.29) is 0 Å². The average Bonchev–Trinajstić information content (AvgIpc) is 2.37. The first-order valence-electron chi connectivity index (χ1n) is 8.45. The van der Waals surface area contributed by atoms with Gasteiger partial charge in [-0.05, 0) is 48.4 Å². The van der Waals surface area contributed by atoms with E-state index in [2.05, 4.69) is 62.2 Å². The van der Waals surface area contributed by atoms with E-state index in [1.807, 2.05) is 0 Å². The summed E-state index contributed by atoms with van der Waals surface area (Å²) in [7, 11) is 0. The van der Waals surface area contributed by atoms with Crippen LogP contribution in [0.5, 0.6) is 0 Å². The summed E-state index contributed by atoms with van der Waals surface area (Å²) in [5.41, 5.74) is 3.34. The minimum absolute atomic E-state index is 0.481. The molecule has 118 valence electrons. The van der Waals surface area contributed by atoms with Crippen molar-refractivity contribution in [3.63, 3.8) is 0 Å². The monoisotopic (exact) mass is 288 g/mol. The van der Waals surface area contributed by atoms with Crippen molar-refractivity contribution >= 4 is 0 Å². The summed E-state index contributed by atoms with van der Waals surface area (Å²) >= 11 is 0. The van der Waals surface area contributed by atoms with Crippen molar-refractivity contribution in [3.8, 4) is 0 Å². The third-order valence-electron chi connectivity index (χ3n) is 4.26. The van der Waals surface area contributed by atoms with Crippen LogP contribution >= 0.6 is 0 Å². The first-order valence-corrected chi connectivity index (χ1v) is 8.45. The molecule has 2 heteroatoms. The second kappa shape index (κ2) is 7.42. The second-order valence-electron chi connectivity index (χ2n) is 7.82. The van der Waals surface area contributed by atoms with Crippen LogP contribution in [0.2, 0.25) is 0 Å². The molecule has 1 fully saturated rings. The van der Waals surface area contributed by atoms with Gasteiger partial charge in [-0.25, -0.2) is 0 Å². The minimum Gasteiger partial charge on any atom is -0.312 e. The highest BCUT2D eigenvalue weighted by atomic mass is 15.1. The molecule has 0 aliphatic carbocycles. The van der Waals surface area contributed by atoms with Gasteiger partial charge in [0.2, 0.25) is 0 Å². The first kappa shape index (κ1) is 16.5. The Morgan fingerprint density at radius 3 is 2.71 bits per heavy atom. The van der Waals surface area contributed by atoms with Crippen LogP contribution in [0.1, 0.15) is 51.7 Å². The molecule has 0 unspecified atom stereocenters. The lowest BCUT2D eigenvalue weighted by Gasteiger charge is -2.38. The van der Waals surface area contributed by atoms with Gasteiger partial charge in [-0.3, -0.25) is 4.90 Å². The van der Waals surface area contributed by atoms with E-state index in [4.69, 9.17) is 0 Å². The molecule has 21 heavy (non-hydrogen) atoms. The van der Waals surface area contributed by atoms with Gasteiger partial charge in [-0.15, -0.1) is 0 Å². The van der Waals surface area contributed by atoms with Crippen LogP contribution in [0.4, 0.5) is 0 Å². The maximum Gasteiger partial charge on any atom is 0.0234 e. The number of nitrogens with one attached hydrogen (secondary N) is 1. The molecule has 2 nitrogen and oxygen atoms in total. The van der Waals surface area contributed by atoms with Crippen molar-refractivity contribution in [1.82, 2.24) is 10.2 Å². The summed E-state index contributed by atoms with van der Waals surface area (Å²) in [4.78, 5) is 2.62. The molecule has 0 amide bonds. The molecule has 1 aromatic carbocycles. The van der Waals surface area contributed by atoms with Crippen molar-refractivity contribution in [2.24, 2.45) is 11.3 Å². The van der Waals surface area contributed by atoms with Gasteiger partial charge in [-0.2, -0.15) is 0 Å². The lowest BCUT2D eigenvalue weighted by atomic mass is 9.84. The fourth-order valence-corrected chi connectivity index (χ4v) is 3.28. The number of hydrogen-bond donors (Lipinski definition) is 1. The van der Waals surface area contributed by atoms with Crippen LogP contribution in [0.25, 0.3) is 0 Å². The van der Waals surface area contributed by atoms with Gasteiger partial charge < -0.3 is 5.32 Å². The van der Waals surface area contributed by atoms with E-state index in [1.54, 1.807) is 0 Å². The fourth-order valence-electron chi connectivity index (χ4n) is 3.28. The molecule has 1 saturated heterocycles. The Bertz CT molecular complexity index is 437. The van der Waals surface area contributed by atoms with Crippen molar-refractivity contribution in [3.05, 3.63) is 35.4 Å². The van der Waals surface area contributed by atoms with Gasteiger partial charge in [0.1, 0.15) is 0 Å². The number of likely N-dealkylation sites (tertiary alicyclic amines) is 1. The molecule has 2 rings (SSSR count). The third-order valence-corrected chi connectivity index (χ3v) is 4.26. The van der Waals surface area contributed by atoms with E-state index < -0.39 is 0 Å². The van der Waals surface area contributed by atoms with E-state index in [0.717, 1.165) is 19.6 Å². The Balaban J connectivity index is 1.88. The Morgan fingerprint density at radius 2 is 2.00 bits per heavy atom. The van der Waals surface area contributed by atoms with Gasteiger partial charge in [0.25, 0.3) is 0 Å². The van der Waals surface area contributed by atoms with Gasteiger partial charge in [0.15, 0.2) is 0 Å². The number of hydrogen-bond acceptors (Lipinski definition) is 2. The van der Waals surface area contributed by atoms with Crippen molar-refractivity contribution in [2.45, 2.75) is 53.6 Å². The molecule has 0 aromatic heterocycles. The number of benzene rings is 1. The van der Waals surface area contributed by atoms with Crippen LogP contribution in [0, 0.1) is 11.3 Å². The largest absolute Gasteiger partial charge is 0.312 e. The summed E-state index contributed by atoms with van der Waals surface area (Å²) in [5, 5.41) is 3.53. The molecule has 0 saturated carbocycles. The van der Waals surface area contributed by atoms with Crippen LogP contribution in [-0.2, 0) is 13.1 Å². The molecule has 1 aliphatic rings. The van der Waals surface area contributed by atoms with Gasteiger partial charge in [-0.1, -0.05) is 52.0 Å². The third kappa shape index (κ3) is 5.80. The maximum absolute atomic E-state index is 3.53. The van der Waals surface area contributed by atoms with Gasteiger partial charge in [0, 0.05) is 19.6 Å². The van der Waals surface area contributed by atoms with E-state index in [9.17, 15) is 0 Å². The predicted octanol–water partition coefficient (Wildman–Crippen LogP) is 4.05. The van der Waals surface area contributed by atoms with Gasteiger partial charge in [0.05, 0.1) is 0 Å². The molecule has 1 aliphatic heterocycles. The highest BCUT2D eigenvalue weighted by Gasteiger charge is 2.26. The topological polar surface area (TPSA) is 15.3 Å². The van der Waals surface area contributed by atoms with Crippen LogP contribution in [0.3, 0.4) is 0 Å².